The molecule has 19 heavy (non-hydrogen) atoms. The minimum absolute atomic E-state index is 0.0161. The lowest BCUT2D eigenvalue weighted by molar-refractivity contribution is -0.137. The third-order valence-corrected chi connectivity index (χ3v) is 2.57. The number of aromatic nitrogens is 1. The van der Waals surface area contributed by atoms with Crippen molar-refractivity contribution in [3.63, 3.8) is 0 Å². The van der Waals surface area contributed by atoms with Gasteiger partial charge < -0.3 is 10.2 Å². The maximum Gasteiger partial charge on any atom is 0.390 e. The van der Waals surface area contributed by atoms with Crippen LogP contribution in [-0.4, -0.2) is 36.2 Å². The molecule has 0 aliphatic carbocycles. The first-order valence-corrected chi connectivity index (χ1v) is 6.36. The van der Waals surface area contributed by atoms with Crippen LogP contribution in [0.4, 0.5) is 19.0 Å². The second kappa shape index (κ2) is 7.33. The van der Waals surface area contributed by atoms with E-state index in [1.54, 1.807) is 11.9 Å². The zero-order valence-electron chi connectivity index (χ0n) is 11.3. The van der Waals surface area contributed by atoms with Gasteiger partial charge in [-0.05, 0) is 25.6 Å². The Bertz CT molecular complexity index is 380. The SMILES string of the molecule is CCCNc1cccc(CN(C)CCC(F)(F)F)n1. The van der Waals surface area contributed by atoms with Crippen LogP contribution >= 0.6 is 0 Å². The van der Waals surface area contributed by atoms with Gasteiger partial charge in [0.25, 0.3) is 0 Å². The second-order valence-corrected chi connectivity index (χ2v) is 4.54. The maximum atomic E-state index is 12.1. The van der Waals surface area contributed by atoms with Gasteiger partial charge in [-0.25, -0.2) is 4.98 Å². The van der Waals surface area contributed by atoms with Crippen molar-refractivity contribution in [2.24, 2.45) is 0 Å². The van der Waals surface area contributed by atoms with E-state index in [2.05, 4.69) is 17.2 Å². The monoisotopic (exact) mass is 275 g/mol. The second-order valence-electron chi connectivity index (χ2n) is 4.54. The molecule has 0 atom stereocenters. The van der Waals surface area contributed by atoms with Gasteiger partial charge in [-0.2, -0.15) is 13.2 Å². The summed E-state index contributed by atoms with van der Waals surface area (Å²) < 4.78 is 36.3. The molecular weight excluding hydrogens is 255 g/mol. The van der Waals surface area contributed by atoms with Crippen molar-refractivity contribution in [2.75, 3.05) is 25.5 Å². The summed E-state index contributed by atoms with van der Waals surface area (Å²) in [5, 5.41) is 3.15. The predicted molar refractivity (Wildman–Crippen MR) is 70.0 cm³/mol. The molecule has 1 rings (SSSR count). The fourth-order valence-electron chi connectivity index (χ4n) is 1.59. The lowest BCUT2D eigenvalue weighted by Gasteiger charge is -2.17. The van der Waals surface area contributed by atoms with E-state index >= 15 is 0 Å². The molecule has 0 saturated heterocycles. The van der Waals surface area contributed by atoms with Crippen LogP contribution in [0.15, 0.2) is 18.2 Å². The highest BCUT2D eigenvalue weighted by Gasteiger charge is 2.27. The minimum Gasteiger partial charge on any atom is -0.370 e. The molecule has 1 heterocycles. The highest BCUT2D eigenvalue weighted by atomic mass is 19.4. The molecule has 6 heteroatoms. The van der Waals surface area contributed by atoms with Crippen molar-refractivity contribution in [1.82, 2.24) is 9.88 Å². The van der Waals surface area contributed by atoms with E-state index in [0.717, 1.165) is 24.5 Å². The summed E-state index contributed by atoms with van der Waals surface area (Å²) in [7, 11) is 1.67. The number of hydrogen-bond donors (Lipinski definition) is 1. The lowest BCUT2D eigenvalue weighted by Crippen LogP contribution is -2.24. The van der Waals surface area contributed by atoms with Crippen LogP contribution in [0.3, 0.4) is 0 Å². The molecule has 0 unspecified atom stereocenters. The van der Waals surface area contributed by atoms with Crippen LogP contribution in [0.25, 0.3) is 0 Å². The Morgan fingerprint density at radius 3 is 2.68 bits per heavy atom. The van der Waals surface area contributed by atoms with Gasteiger partial charge in [-0.15, -0.1) is 0 Å². The average molecular weight is 275 g/mol. The number of rotatable bonds is 7. The Labute approximate surface area is 111 Å². The van der Waals surface area contributed by atoms with Gasteiger partial charge in [-0.1, -0.05) is 13.0 Å². The Balaban J connectivity index is 2.47. The molecule has 0 aromatic carbocycles. The average Bonchev–Trinajstić information content (AvgIpc) is 2.33. The van der Waals surface area contributed by atoms with Crippen LogP contribution in [0.2, 0.25) is 0 Å². The maximum absolute atomic E-state index is 12.1. The molecule has 0 saturated carbocycles. The van der Waals surface area contributed by atoms with Crippen molar-refractivity contribution >= 4 is 5.82 Å². The fraction of sp³-hybridized carbons (Fsp3) is 0.615. The van der Waals surface area contributed by atoms with Crippen molar-refractivity contribution in [3.05, 3.63) is 23.9 Å². The van der Waals surface area contributed by atoms with E-state index in [-0.39, 0.29) is 6.54 Å². The third-order valence-electron chi connectivity index (χ3n) is 2.57. The summed E-state index contributed by atoms with van der Waals surface area (Å²) in [6.07, 6.45) is -3.90. The van der Waals surface area contributed by atoms with Gasteiger partial charge in [0, 0.05) is 19.6 Å². The normalized spacial score (nSPS) is 11.9. The van der Waals surface area contributed by atoms with Crippen LogP contribution < -0.4 is 5.32 Å². The standard InChI is InChI=1S/C13H20F3N3/c1-3-8-17-12-6-4-5-11(18-12)10-19(2)9-7-13(14,15)16/h4-6H,3,7-10H2,1-2H3,(H,17,18). The van der Waals surface area contributed by atoms with Crippen molar-refractivity contribution in [1.29, 1.82) is 0 Å². The van der Waals surface area contributed by atoms with E-state index in [9.17, 15) is 13.2 Å². The topological polar surface area (TPSA) is 28.2 Å². The number of pyridine rings is 1. The van der Waals surface area contributed by atoms with Gasteiger partial charge in [-0.3, -0.25) is 0 Å². The van der Waals surface area contributed by atoms with Gasteiger partial charge in [0.05, 0.1) is 12.1 Å². The molecule has 1 aromatic rings. The molecule has 0 bridgehead atoms. The number of nitrogens with one attached hydrogen (secondary N) is 1. The fourth-order valence-corrected chi connectivity index (χ4v) is 1.59. The molecule has 1 N–H and O–H groups in total. The number of anilines is 1. The summed E-state index contributed by atoms with van der Waals surface area (Å²) in [6, 6.07) is 5.54. The lowest BCUT2D eigenvalue weighted by atomic mass is 10.3. The molecule has 0 amide bonds. The summed E-state index contributed by atoms with van der Waals surface area (Å²) in [4.78, 5) is 5.99. The third kappa shape index (κ3) is 7.00. The van der Waals surface area contributed by atoms with Crippen LogP contribution in [0.5, 0.6) is 0 Å². The Morgan fingerprint density at radius 2 is 2.05 bits per heavy atom. The highest BCUT2D eigenvalue weighted by Crippen LogP contribution is 2.19. The van der Waals surface area contributed by atoms with Crippen molar-refractivity contribution < 1.29 is 13.2 Å². The Kier molecular flexibility index (Phi) is 6.08. The number of nitrogens with zero attached hydrogens (tertiary/aromatic N) is 2. The zero-order valence-corrected chi connectivity index (χ0v) is 11.3. The number of halogens is 3. The van der Waals surface area contributed by atoms with E-state index < -0.39 is 12.6 Å². The first-order valence-electron chi connectivity index (χ1n) is 6.36. The molecule has 0 spiro atoms. The quantitative estimate of drug-likeness (QED) is 0.827. The van der Waals surface area contributed by atoms with Crippen LogP contribution in [0.1, 0.15) is 25.5 Å². The van der Waals surface area contributed by atoms with E-state index in [0.29, 0.717) is 6.54 Å². The summed E-state index contributed by atoms with van der Waals surface area (Å²) >= 11 is 0. The van der Waals surface area contributed by atoms with Gasteiger partial charge in [0.15, 0.2) is 0 Å². The Morgan fingerprint density at radius 1 is 1.32 bits per heavy atom. The zero-order chi connectivity index (χ0) is 14.3. The molecule has 3 nitrogen and oxygen atoms in total. The van der Waals surface area contributed by atoms with Gasteiger partial charge in [0.1, 0.15) is 5.82 Å². The molecule has 0 fully saturated rings. The predicted octanol–water partition coefficient (Wildman–Crippen LogP) is 3.29. The van der Waals surface area contributed by atoms with Crippen molar-refractivity contribution in [2.45, 2.75) is 32.5 Å². The van der Waals surface area contributed by atoms with E-state index in [1.807, 2.05) is 18.2 Å². The van der Waals surface area contributed by atoms with Crippen LogP contribution in [0, 0.1) is 0 Å². The molecular formula is C13H20F3N3. The van der Waals surface area contributed by atoms with E-state index in [4.69, 9.17) is 0 Å². The van der Waals surface area contributed by atoms with Crippen molar-refractivity contribution in [3.8, 4) is 0 Å². The summed E-state index contributed by atoms with van der Waals surface area (Å²) in [5.74, 6) is 0.767. The van der Waals surface area contributed by atoms with Crippen LogP contribution in [-0.2, 0) is 6.54 Å². The molecule has 1 aromatic heterocycles. The molecule has 0 aliphatic rings. The highest BCUT2D eigenvalue weighted by molar-refractivity contribution is 5.35. The summed E-state index contributed by atoms with van der Waals surface area (Å²) in [5.41, 5.74) is 0.769. The number of alkyl halides is 3. The first kappa shape index (κ1) is 15.8. The smallest absolute Gasteiger partial charge is 0.370 e. The first-order chi connectivity index (χ1) is 8.90. The molecule has 0 radical (unpaired) electrons. The Hall–Kier alpha value is -1.30. The van der Waals surface area contributed by atoms with E-state index in [1.165, 1.54) is 0 Å². The largest absolute Gasteiger partial charge is 0.390 e. The molecule has 108 valence electrons. The van der Waals surface area contributed by atoms with Gasteiger partial charge >= 0.3 is 6.18 Å². The minimum atomic E-state index is -4.10. The summed E-state index contributed by atoms with van der Waals surface area (Å²) in [6.45, 7) is 3.29. The molecule has 0 aliphatic heterocycles. The van der Waals surface area contributed by atoms with Gasteiger partial charge in [0.2, 0.25) is 0 Å². The number of hydrogen-bond acceptors (Lipinski definition) is 3.